The summed E-state index contributed by atoms with van der Waals surface area (Å²) in [6.07, 6.45) is -3.11. The molecule has 0 aliphatic heterocycles. The molecule has 0 atom stereocenters. The third-order valence-corrected chi connectivity index (χ3v) is 5.92. The monoisotopic (exact) mass is 564 g/mol. The minimum atomic E-state index is -4.64. The number of anilines is 3. The van der Waals surface area contributed by atoms with Crippen LogP contribution in [0.5, 0.6) is 0 Å². The van der Waals surface area contributed by atoms with E-state index < -0.39 is 29.1 Å². The second-order valence-electron chi connectivity index (χ2n) is 7.61. The summed E-state index contributed by atoms with van der Waals surface area (Å²) in [5.41, 5.74) is -0.931. The highest BCUT2D eigenvalue weighted by Crippen LogP contribution is 2.36. The molecule has 4 aromatic rings. The zero-order chi connectivity index (χ0) is 26.2. The van der Waals surface area contributed by atoms with Crippen LogP contribution in [0, 0.1) is 5.82 Å². The zero-order valence-corrected chi connectivity index (χ0v) is 20.3. The number of fused-ring (bicyclic) bond motifs is 1. The first-order chi connectivity index (χ1) is 17.0. The quantitative estimate of drug-likeness (QED) is 0.280. The number of hydrogen-bond acceptors (Lipinski definition) is 5. The predicted octanol–water partition coefficient (Wildman–Crippen LogP) is 5.60. The van der Waals surface area contributed by atoms with Gasteiger partial charge in [0.1, 0.15) is 11.5 Å². The lowest BCUT2D eigenvalue weighted by molar-refractivity contribution is -0.138. The maximum absolute atomic E-state index is 14.5. The number of hydrogen-bond donors (Lipinski definition) is 3. The molecule has 36 heavy (non-hydrogen) atoms. The van der Waals surface area contributed by atoms with Gasteiger partial charge in [0.25, 0.3) is 5.56 Å². The molecule has 0 unspecified atom stereocenters. The largest absolute Gasteiger partial charge is 0.417 e. The number of benzene rings is 2. The average Bonchev–Trinajstić information content (AvgIpc) is 2.83. The van der Waals surface area contributed by atoms with Crippen LogP contribution in [-0.4, -0.2) is 27.6 Å². The van der Waals surface area contributed by atoms with E-state index in [2.05, 4.69) is 41.8 Å². The molecule has 2 aromatic heterocycles. The molecular formula is C23H17BrF4N6O2. The fourth-order valence-electron chi connectivity index (χ4n) is 3.47. The molecule has 13 heteroatoms. The lowest BCUT2D eigenvalue weighted by Crippen LogP contribution is -2.21. The highest BCUT2D eigenvalue weighted by molar-refractivity contribution is 9.10. The highest BCUT2D eigenvalue weighted by atomic mass is 79.9. The van der Waals surface area contributed by atoms with Gasteiger partial charge in [-0.1, -0.05) is 22.0 Å². The van der Waals surface area contributed by atoms with Crippen LogP contribution in [-0.2, 0) is 13.2 Å². The summed E-state index contributed by atoms with van der Waals surface area (Å²) in [7, 11) is 3.17. The van der Waals surface area contributed by atoms with Crippen LogP contribution >= 0.6 is 15.9 Å². The second-order valence-corrected chi connectivity index (χ2v) is 8.47. The van der Waals surface area contributed by atoms with Crippen molar-refractivity contribution in [3.8, 4) is 11.1 Å². The maximum Gasteiger partial charge on any atom is 0.417 e. The van der Waals surface area contributed by atoms with E-state index in [4.69, 9.17) is 0 Å². The Hall–Kier alpha value is -4.00. The van der Waals surface area contributed by atoms with Gasteiger partial charge < -0.3 is 16.0 Å². The molecule has 4 rings (SSSR count). The number of aryl methyl sites for hydroxylation is 1. The molecule has 0 aliphatic rings. The van der Waals surface area contributed by atoms with Crippen molar-refractivity contribution >= 4 is 50.3 Å². The van der Waals surface area contributed by atoms with E-state index in [0.29, 0.717) is 22.5 Å². The van der Waals surface area contributed by atoms with E-state index in [0.717, 1.165) is 18.2 Å². The van der Waals surface area contributed by atoms with E-state index in [1.165, 1.54) is 36.0 Å². The molecule has 2 aromatic carbocycles. The normalized spacial score (nSPS) is 11.4. The highest BCUT2D eigenvalue weighted by Gasteiger charge is 2.33. The van der Waals surface area contributed by atoms with Crippen LogP contribution in [0.4, 0.5) is 39.7 Å². The topological polar surface area (TPSA) is 101 Å². The lowest BCUT2D eigenvalue weighted by Gasteiger charge is -2.13. The third-order valence-electron chi connectivity index (χ3n) is 5.23. The summed E-state index contributed by atoms with van der Waals surface area (Å²) in [5.74, 6) is -0.474. The second kappa shape index (κ2) is 9.57. The van der Waals surface area contributed by atoms with Crippen molar-refractivity contribution in [2.75, 3.05) is 23.0 Å². The van der Waals surface area contributed by atoms with Crippen LogP contribution in [0.15, 0.2) is 57.9 Å². The van der Waals surface area contributed by atoms with E-state index in [1.807, 2.05) is 0 Å². The number of amides is 2. The van der Waals surface area contributed by atoms with Gasteiger partial charge in [-0.2, -0.15) is 18.2 Å². The number of nitrogens with zero attached hydrogens (tertiary/aromatic N) is 3. The van der Waals surface area contributed by atoms with Gasteiger partial charge in [0.15, 0.2) is 0 Å². The Morgan fingerprint density at radius 1 is 1.08 bits per heavy atom. The molecular weight excluding hydrogens is 548 g/mol. The molecule has 3 N–H and O–H groups in total. The first-order valence-corrected chi connectivity index (χ1v) is 11.1. The Morgan fingerprint density at radius 3 is 2.53 bits per heavy atom. The summed E-state index contributed by atoms with van der Waals surface area (Å²) in [6, 6.07) is 7.41. The van der Waals surface area contributed by atoms with Crippen molar-refractivity contribution in [1.29, 1.82) is 0 Å². The number of alkyl halides is 3. The van der Waals surface area contributed by atoms with Crippen molar-refractivity contribution < 1.29 is 22.4 Å². The van der Waals surface area contributed by atoms with Gasteiger partial charge in [-0.3, -0.25) is 9.36 Å². The van der Waals surface area contributed by atoms with Gasteiger partial charge in [0.2, 0.25) is 5.95 Å². The summed E-state index contributed by atoms with van der Waals surface area (Å²) >= 11 is 2.82. The number of carbonyl (C=O) groups excluding carboxylic acids is 1. The third kappa shape index (κ3) is 5.00. The number of rotatable bonds is 4. The Labute approximate surface area is 209 Å². The van der Waals surface area contributed by atoms with Gasteiger partial charge >= 0.3 is 12.2 Å². The maximum atomic E-state index is 14.5. The fourth-order valence-corrected chi connectivity index (χ4v) is 3.94. The minimum absolute atomic E-state index is 0.149. The Kier molecular flexibility index (Phi) is 6.67. The van der Waals surface area contributed by atoms with Crippen molar-refractivity contribution in [3.05, 3.63) is 74.9 Å². The van der Waals surface area contributed by atoms with Crippen molar-refractivity contribution in [3.63, 3.8) is 0 Å². The Bertz CT molecular complexity index is 1550. The van der Waals surface area contributed by atoms with Crippen LogP contribution in [0.1, 0.15) is 5.56 Å². The summed E-state index contributed by atoms with van der Waals surface area (Å²) < 4.78 is 55.0. The SMILES string of the molecule is CNc1ncc2cc(-c3ccc(F)c(NC(=O)Nc4ccc(Br)c(C(F)(F)F)c4)c3)c(=O)n(C)c2n1. The summed E-state index contributed by atoms with van der Waals surface area (Å²) in [4.78, 5) is 33.8. The Balaban J connectivity index is 1.64. The van der Waals surface area contributed by atoms with E-state index in [9.17, 15) is 27.2 Å². The van der Waals surface area contributed by atoms with E-state index in [-0.39, 0.29) is 21.4 Å². The molecule has 0 saturated carbocycles. The van der Waals surface area contributed by atoms with Gasteiger partial charge in [-0.15, -0.1) is 0 Å². The standard InChI is InChI=1S/C23H17BrF4N6O2/c1-29-21-30-10-12-7-14(20(35)34(2)19(12)33-21)11-3-6-17(25)18(8-11)32-22(36)31-13-4-5-16(24)15(9-13)23(26,27)28/h3-10H,1-2H3,(H,29,30,33)(H2,31,32,36). The lowest BCUT2D eigenvalue weighted by atomic mass is 10.1. The minimum Gasteiger partial charge on any atom is -0.357 e. The Morgan fingerprint density at radius 2 is 1.83 bits per heavy atom. The number of halogens is 5. The number of urea groups is 1. The van der Waals surface area contributed by atoms with Gasteiger partial charge in [0.05, 0.1) is 11.3 Å². The van der Waals surface area contributed by atoms with Crippen LogP contribution < -0.4 is 21.5 Å². The van der Waals surface area contributed by atoms with Gasteiger partial charge in [0, 0.05) is 41.4 Å². The number of aromatic nitrogens is 3. The molecule has 2 heterocycles. The number of pyridine rings is 1. The van der Waals surface area contributed by atoms with Crippen LogP contribution in [0.3, 0.4) is 0 Å². The summed E-state index contributed by atoms with van der Waals surface area (Å²) in [5, 5.41) is 7.86. The first-order valence-electron chi connectivity index (χ1n) is 10.3. The molecule has 0 bridgehead atoms. The number of nitrogens with one attached hydrogen (secondary N) is 3. The van der Waals surface area contributed by atoms with Crippen molar-refractivity contribution in [1.82, 2.24) is 14.5 Å². The molecule has 0 radical (unpaired) electrons. The fraction of sp³-hybridized carbons (Fsp3) is 0.130. The zero-order valence-electron chi connectivity index (χ0n) is 18.7. The average molecular weight is 565 g/mol. The summed E-state index contributed by atoms with van der Waals surface area (Å²) in [6.45, 7) is 0. The molecule has 0 saturated heterocycles. The smallest absolute Gasteiger partial charge is 0.357 e. The van der Waals surface area contributed by atoms with Crippen molar-refractivity contribution in [2.24, 2.45) is 7.05 Å². The molecule has 0 aliphatic carbocycles. The van der Waals surface area contributed by atoms with Gasteiger partial charge in [-0.25, -0.2) is 14.2 Å². The van der Waals surface area contributed by atoms with Crippen LogP contribution in [0.25, 0.3) is 22.2 Å². The van der Waals surface area contributed by atoms with Crippen molar-refractivity contribution in [2.45, 2.75) is 6.18 Å². The molecule has 8 nitrogen and oxygen atoms in total. The molecule has 2 amide bonds. The molecule has 0 spiro atoms. The molecule has 186 valence electrons. The molecule has 0 fully saturated rings. The number of carbonyl (C=O) groups is 1. The first kappa shape index (κ1) is 25.1. The van der Waals surface area contributed by atoms with E-state index >= 15 is 0 Å². The predicted molar refractivity (Wildman–Crippen MR) is 132 cm³/mol. The van der Waals surface area contributed by atoms with E-state index in [1.54, 1.807) is 13.1 Å². The van der Waals surface area contributed by atoms with Crippen LogP contribution in [0.2, 0.25) is 0 Å². The van der Waals surface area contributed by atoms with Gasteiger partial charge in [-0.05, 0) is 42.0 Å².